The van der Waals surface area contributed by atoms with Gasteiger partial charge < -0.3 is 15.4 Å². The quantitative estimate of drug-likeness (QED) is 0.486. The summed E-state index contributed by atoms with van der Waals surface area (Å²) in [5.41, 5.74) is 0. The van der Waals surface area contributed by atoms with Crippen LogP contribution in [0.4, 0.5) is 0 Å². The number of ether oxygens (including phenoxy) is 1. The van der Waals surface area contributed by atoms with Gasteiger partial charge in [-0.15, -0.1) is 11.3 Å². The number of aliphatic imine (C=N–C) groups is 1. The molecule has 3 unspecified atom stereocenters. The maximum Gasteiger partial charge on any atom is 0.191 e. The molecule has 0 amide bonds. The number of guanidine groups is 1. The zero-order valence-corrected chi connectivity index (χ0v) is 20.1. The highest BCUT2D eigenvalue weighted by atomic mass is 32.1. The van der Waals surface area contributed by atoms with Crippen LogP contribution in [-0.2, 0) is 4.74 Å². The molecule has 1 aromatic rings. The summed E-state index contributed by atoms with van der Waals surface area (Å²) in [7, 11) is 2.27. The molecular formula is C23H41N5OS. The monoisotopic (exact) mass is 435 g/mol. The zero-order valence-electron chi connectivity index (χ0n) is 19.3. The SMILES string of the molecule is CCNC(=NCC(C(C)C)N1CCOCC1)NCC1CCCN(C)C1c1cccs1. The molecule has 7 heteroatoms. The van der Waals surface area contributed by atoms with E-state index in [4.69, 9.17) is 9.73 Å². The molecule has 170 valence electrons. The second-order valence-electron chi connectivity index (χ2n) is 8.90. The van der Waals surface area contributed by atoms with Crippen LogP contribution in [0.25, 0.3) is 0 Å². The van der Waals surface area contributed by atoms with Crippen molar-refractivity contribution in [3.05, 3.63) is 22.4 Å². The van der Waals surface area contributed by atoms with Gasteiger partial charge in [-0.05, 0) is 56.6 Å². The molecule has 1 aromatic heterocycles. The minimum absolute atomic E-state index is 0.462. The maximum absolute atomic E-state index is 5.54. The van der Waals surface area contributed by atoms with Crippen LogP contribution in [0.1, 0.15) is 44.5 Å². The highest BCUT2D eigenvalue weighted by Crippen LogP contribution is 2.36. The number of nitrogens with one attached hydrogen (secondary N) is 2. The molecule has 0 spiro atoms. The van der Waals surface area contributed by atoms with Crippen molar-refractivity contribution in [2.45, 2.75) is 45.7 Å². The molecule has 3 rings (SSSR count). The lowest BCUT2D eigenvalue weighted by Crippen LogP contribution is -2.48. The number of nitrogens with zero attached hydrogens (tertiary/aromatic N) is 3. The van der Waals surface area contributed by atoms with Crippen LogP contribution in [0, 0.1) is 11.8 Å². The van der Waals surface area contributed by atoms with Crippen LogP contribution in [-0.4, -0.2) is 81.3 Å². The number of rotatable bonds is 8. The van der Waals surface area contributed by atoms with Crippen LogP contribution in [0.2, 0.25) is 0 Å². The van der Waals surface area contributed by atoms with Crippen LogP contribution in [0.15, 0.2) is 22.5 Å². The molecule has 0 radical (unpaired) electrons. The second kappa shape index (κ2) is 12.0. The standard InChI is InChI=1S/C23H41N5OS/c1-5-24-23(26-17-20(18(2)3)28-11-13-29-14-12-28)25-16-19-8-6-10-27(4)22(19)21-9-7-15-30-21/h7,9,15,18-20,22H,5-6,8,10-14,16-17H2,1-4H3,(H2,24,25,26). The molecule has 0 saturated carbocycles. The van der Waals surface area contributed by atoms with Gasteiger partial charge in [0.25, 0.3) is 0 Å². The molecule has 30 heavy (non-hydrogen) atoms. The van der Waals surface area contributed by atoms with Gasteiger partial charge >= 0.3 is 0 Å². The number of piperidine rings is 1. The average molecular weight is 436 g/mol. The van der Waals surface area contributed by atoms with E-state index in [0.29, 0.717) is 23.9 Å². The van der Waals surface area contributed by atoms with Gasteiger partial charge in [-0.2, -0.15) is 0 Å². The topological polar surface area (TPSA) is 52.1 Å². The van der Waals surface area contributed by atoms with Gasteiger partial charge in [0.2, 0.25) is 0 Å². The van der Waals surface area contributed by atoms with Crippen molar-refractivity contribution in [2.75, 3.05) is 59.5 Å². The number of likely N-dealkylation sites (tertiary alicyclic amines) is 1. The third kappa shape index (κ3) is 6.42. The number of morpholine rings is 1. The van der Waals surface area contributed by atoms with Crippen molar-refractivity contribution >= 4 is 17.3 Å². The average Bonchev–Trinajstić information content (AvgIpc) is 3.27. The van der Waals surface area contributed by atoms with E-state index in [0.717, 1.165) is 51.9 Å². The van der Waals surface area contributed by atoms with Gasteiger partial charge in [-0.25, -0.2) is 0 Å². The predicted molar refractivity (Wildman–Crippen MR) is 127 cm³/mol. The van der Waals surface area contributed by atoms with E-state index in [9.17, 15) is 0 Å². The highest BCUT2D eigenvalue weighted by Gasteiger charge is 2.31. The minimum atomic E-state index is 0.462. The Hall–Kier alpha value is -1.15. The lowest BCUT2D eigenvalue weighted by molar-refractivity contribution is 0.00867. The first-order valence-corrected chi connectivity index (χ1v) is 12.6. The summed E-state index contributed by atoms with van der Waals surface area (Å²) in [5, 5.41) is 9.34. The largest absolute Gasteiger partial charge is 0.379 e. The first kappa shape index (κ1) is 23.5. The molecule has 0 aromatic carbocycles. The first-order valence-electron chi connectivity index (χ1n) is 11.7. The van der Waals surface area contributed by atoms with Gasteiger partial charge in [-0.1, -0.05) is 19.9 Å². The summed E-state index contributed by atoms with van der Waals surface area (Å²) >= 11 is 1.88. The van der Waals surface area contributed by atoms with Crippen LogP contribution >= 0.6 is 11.3 Å². The van der Waals surface area contributed by atoms with Gasteiger partial charge in [0, 0.05) is 43.1 Å². The normalized spacial score (nSPS) is 25.4. The van der Waals surface area contributed by atoms with E-state index in [1.54, 1.807) is 0 Å². The molecule has 2 saturated heterocycles. The fraction of sp³-hybridized carbons (Fsp3) is 0.783. The van der Waals surface area contributed by atoms with Crippen LogP contribution in [0.5, 0.6) is 0 Å². The van der Waals surface area contributed by atoms with Gasteiger partial charge in [0.1, 0.15) is 0 Å². The Morgan fingerprint density at radius 3 is 2.73 bits per heavy atom. The zero-order chi connectivity index (χ0) is 21.3. The van der Waals surface area contributed by atoms with E-state index < -0.39 is 0 Å². The summed E-state index contributed by atoms with van der Waals surface area (Å²) in [6.07, 6.45) is 2.53. The third-order valence-electron chi connectivity index (χ3n) is 6.44. The Morgan fingerprint density at radius 2 is 2.07 bits per heavy atom. The Balaban J connectivity index is 1.62. The van der Waals surface area contributed by atoms with Crippen molar-refractivity contribution in [1.29, 1.82) is 0 Å². The van der Waals surface area contributed by atoms with E-state index in [2.05, 4.69) is 65.8 Å². The van der Waals surface area contributed by atoms with E-state index in [1.165, 1.54) is 24.3 Å². The molecule has 0 aliphatic carbocycles. The molecule has 2 N–H and O–H groups in total. The molecule has 2 fully saturated rings. The molecule has 3 heterocycles. The second-order valence-corrected chi connectivity index (χ2v) is 9.88. The fourth-order valence-electron chi connectivity index (χ4n) is 4.79. The van der Waals surface area contributed by atoms with Crippen molar-refractivity contribution < 1.29 is 4.74 Å². The number of hydrogen-bond acceptors (Lipinski definition) is 5. The predicted octanol–water partition coefficient (Wildman–Crippen LogP) is 3.04. The summed E-state index contributed by atoms with van der Waals surface area (Å²) in [6, 6.07) is 5.43. The van der Waals surface area contributed by atoms with Crippen molar-refractivity contribution in [1.82, 2.24) is 20.4 Å². The molecular weight excluding hydrogens is 394 g/mol. The molecule has 6 nitrogen and oxygen atoms in total. The minimum Gasteiger partial charge on any atom is -0.379 e. The van der Waals surface area contributed by atoms with E-state index in [1.807, 2.05) is 11.3 Å². The lowest BCUT2D eigenvalue weighted by Gasteiger charge is -2.39. The van der Waals surface area contributed by atoms with Crippen molar-refractivity contribution in [3.8, 4) is 0 Å². The van der Waals surface area contributed by atoms with Crippen molar-refractivity contribution in [3.63, 3.8) is 0 Å². The van der Waals surface area contributed by atoms with Crippen LogP contribution < -0.4 is 10.6 Å². The first-order chi connectivity index (χ1) is 14.6. The Bertz CT molecular complexity index is 630. The molecule has 0 bridgehead atoms. The fourth-order valence-corrected chi connectivity index (χ4v) is 5.78. The molecule has 2 aliphatic heterocycles. The van der Waals surface area contributed by atoms with Gasteiger partial charge in [0.15, 0.2) is 5.96 Å². The van der Waals surface area contributed by atoms with Gasteiger partial charge in [0.05, 0.1) is 19.8 Å². The summed E-state index contributed by atoms with van der Waals surface area (Å²) in [4.78, 5) is 11.6. The van der Waals surface area contributed by atoms with Crippen molar-refractivity contribution in [2.24, 2.45) is 16.8 Å². The smallest absolute Gasteiger partial charge is 0.191 e. The third-order valence-corrected chi connectivity index (χ3v) is 7.38. The molecule has 2 aliphatic rings. The lowest BCUT2D eigenvalue weighted by atomic mass is 9.88. The Kier molecular flexibility index (Phi) is 9.43. The Labute approximate surface area is 187 Å². The summed E-state index contributed by atoms with van der Waals surface area (Å²) in [6.45, 7) is 14.3. The summed E-state index contributed by atoms with van der Waals surface area (Å²) < 4.78 is 5.54. The van der Waals surface area contributed by atoms with Crippen LogP contribution in [0.3, 0.4) is 0 Å². The van der Waals surface area contributed by atoms with E-state index >= 15 is 0 Å². The van der Waals surface area contributed by atoms with Gasteiger partial charge in [-0.3, -0.25) is 14.8 Å². The number of thiophene rings is 1. The summed E-state index contributed by atoms with van der Waals surface area (Å²) in [5.74, 6) is 2.13. The molecule has 3 atom stereocenters. The van der Waals surface area contributed by atoms with E-state index in [-0.39, 0.29) is 0 Å². The number of hydrogen-bond donors (Lipinski definition) is 2. The Morgan fingerprint density at radius 1 is 1.27 bits per heavy atom. The highest BCUT2D eigenvalue weighted by molar-refractivity contribution is 7.10. The maximum atomic E-state index is 5.54.